The molecule has 2 N–H and O–H groups in total. The SMILES string of the molecule is Cc1cccc2cccc(C3(N)CC3)c12. The predicted octanol–water partition coefficient (Wildman–Crippen LogP) is 3.10. The van der Waals surface area contributed by atoms with E-state index in [1.54, 1.807) is 0 Å². The van der Waals surface area contributed by atoms with Gasteiger partial charge in [0.15, 0.2) is 0 Å². The zero-order valence-electron chi connectivity index (χ0n) is 8.96. The molecule has 1 fully saturated rings. The molecule has 2 aromatic rings. The molecule has 1 heteroatoms. The third-order valence-corrected chi connectivity index (χ3v) is 3.44. The summed E-state index contributed by atoms with van der Waals surface area (Å²) < 4.78 is 0. The topological polar surface area (TPSA) is 26.0 Å². The van der Waals surface area contributed by atoms with Crippen LogP contribution >= 0.6 is 0 Å². The lowest BCUT2D eigenvalue weighted by molar-refractivity contribution is 0.747. The first-order chi connectivity index (χ1) is 7.21. The molecule has 0 bridgehead atoms. The van der Waals surface area contributed by atoms with E-state index >= 15 is 0 Å². The maximum absolute atomic E-state index is 6.30. The Balaban J connectivity index is 2.39. The lowest BCUT2D eigenvalue weighted by atomic mass is 9.94. The van der Waals surface area contributed by atoms with Crippen molar-refractivity contribution in [3.05, 3.63) is 47.5 Å². The minimum atomic E-state index is -0.0361. The predicted molar refractivity (Wildman–Crippen MR) is 63.8 cm³/mol. The van der Waals surface area contributed by atoms with E-state index in [-0.39, 0.29) is 5.54 Å². The molecule has 0 heterocycles. The number of fused-ring (bicyclic) bond motifs is 1. The monoisotopic (exact) mass is 197 g/mol. The lowest BCUT2D eigenvalue weighted by Crippen LogP contribution is -2.19. The largest absolute Gasteiger partial charge is 0.321 e. The van der Waals surface area contributed by atoms with Crippen LogP contribution in [0, 0.1) is 6.92 Å². The molecular formula is C14H15N. The van der Waals surface area contributed by atoms with Crippen molar-refractivity contribution in [2.24, 2.45) is 5.73 Å². The van der Waals surface area contributed by atoms with Gasteiger partial charge in [-0.15, -0.1) is 0 Å². The molecule has 0 aromatic heterocycles. The molecule has 0 aliphatic heterocycles. The Morgan fingerprint density at radius 3 is 2.40 bits per heavy atom. The highest BCUT2D eigenvalue weighted by Gasteiger charge is 2.41. The first-order valence-corrected chi connectivity index (χ1v) is 5.48. The van der Waals surface area contributed by atoms with Gasteiger partial charge in [-0.25, -0.2) is 0 Å². The Labute approximate surface area is 89.9 Å². The quantitative estimate of drug-likeness (QED) is 0.747. The molecule has 1 aliphatic carbocycles. The van der Waals surface area contributed by atoms with E-state index in [0.717, 1.165) is 12.8 Å². The van der Waals surface area contributed by atoms with Gasteiger partial charge in [0.2, 0.25) is 0 Å². The molecular weight excluding hydrogens is 182 g/mol. The fraction of sp³-hybridized carbons (Fsp3) is 0.286. The average molecular weight is 197 g/mol. The smallest absolute Gasteiger partial charge is 0.0417 e. The molecule has 1 aliphatic rings. The number of hydrogen-bond acceptors (Lipinski definition) is 1. The second-order valence-electron chi connectivity index (χ2n) is 4.63. The van der Waals surface area contributed by atoms with Gasteiger partial charge in [-0.05, 0) is 41.7 Å². The highest BCUT2D eigenvalue weighted by molar-refractivity contribution is 5.89. The normalized spacial score (nSPS) is 18.0. The Kier molecular flexibility index (Phi) is 1.68. The summed E-state index contributed by atoms with van der Waals surface area (Å²) >= 11 is 0. The standard InChI is InChI=1S/C14H15N/c1-10-4-2-5-11-6-3-7-12(13(10)11)14(15)8-9-14/h2-7H,8-9,15H2,1H3. The van der Waals surface area contributed by atoms with Crippen molar-refractivity contribution in [3.8, 4) is 0 Å². The van der Waals surface area contributed by atoms with E-state index in [1.165, 1.54) is 21.9 Å². The number of benzene rings is 2. The summed E-state index contributed by atoms with van der Waals surface area (Å²) in [6.07, 6.45) is 2.25. The van der Waals surface area contributed by atoms with Crippen LogP contribution in [-0.2, 0) is 5.54 Å². The maximum Gasteiger partial charge on any atom is 0.0417 e. The van der Waals surface area contributed by atoms with E-state index in [9.17, 15) is 0 Å². The van der Waals surface area contributed by atoms with E-state index < -0.39 is 0 Å². The van der Waals surface area contributed by atoms with Gasteiger partial charge >= 0.3 is 0 Å². The van der Waals surface area contributed by atoms with Crippen LogP contribution in [0.25, 0.3) is 10.8 Å². The molecule has 2 aromatic carbocycles. The highest BCUT2D eigenvalue weighted by atomic mass is 14.8. The van der Waals surface area contributed by atoms with Gasteiger partial charge in [0.05, 0.1) is 0 Å². The van der Waals surface area contributed by atoms with Crippen LogP contribution in [0.4, 0.5) is 0 Å². The third-order valence-electron chi connectivity index (χ3n) is 3.44. The molecule has 76 valence electrons. The van der Waals surface area contributed by atoms with Crippen LogP contribution in [0.5, 0.6) is 0 Å². The van der Waals surface area contributed by atoms with Crippen LogP contribution in [0.2, 0.25) is 0 Å². The van der Waals surface area contributed by atoms with Gasteiger partial charge < -0.3 is 5.73 Å². The van der Waals surface area contributed by atoms with E-state index in [0.29, 0.717) is 0 Å². The zero-order valence-corrected chi connectivity index (χ0v) is 8.96. The fourth-order valence-corrected chi connectivity index (χ4v) is 2.35. The maximum atomic E-state index is 6.30. The van der Waals surface area contributed by atoms with Crippen molar-refractivity contribution in [2.45, 2.75) is 25.3 Å². The van der Waals surface area contributed by atoms with Crippen molar-refractivity contribution in [1.29, 1.82) is 0 Å². The van der Waals surface area contributed by atoms with Gasteiger partial charge in [0.1, 0.15) is 0 Å². The summed E-state index contributed by atoms with van der Waals surface area (Å²) in [5.41, 5.74) is 8.93. The van der Waals surface area contributed by atoms with Crippen molar-refractivity contribution < 1.29 is 0 Å². The number of hydrogen-bond donors (Lipinski definition) is 1. The van der Waals surface area contributed by atoms with Crippen molar-refractivity contribution in [3.63, 3.8) is 0 Å². The van der Waals surface area contributed by atoms with Gasteiger partial charge in [0, 0.05) is 5.54 Å². The average Bonchev–Trinajstić information content (AvgIpc) is 2.98. The number of rotatable bonds is 1. The molecule has 0 saturated heterocycles. The van der Waals surface area contributed by atoms with Crippen LogP contribution < -0.4 is 5.73 Å². The number of aryl methyl sites for hydroxylation is 1. The third kappa shape index (κ3) is 1.27. The minimum absolute atomic E-state index is 0.0361. The first kappa shape index (κ1) is 8.93. The van der Waals surface area contributed by atoms with E-state index in [1.807, 2.05) is 0 Å². The van der Waals surface area contributed by atoms with Crippen LogP contribution in [0.15, 0.2) is 36.4 Å². The summed E-state index contributed by atoms with van der Waals surface area (Å²) in [5.74, 6) is 0. The zero-order chi connectivity index (χ0) is 10.5. The highest BCUT2D eigenvalue weighted by Crippen LogP contribution is 2.45. The van der Waals surface area contributed by atoms with Crippen molar-refractivity contribution in [2.75, 3.05) is 0 Å². The summed E-state index contributed by atoms with van der Waals surface area (Å²) in [7, 11) is 0. The molecule has 0 radical (unpaired) electrons. The van der Waals surface area contributed by atoms with E-state index in [2.05, 4.69) is 43.3 Å². The molecule has 0 unspecified atom stereocenters. The molecule has 0 spiro atoms. The van der Waals surface area contributed by atoms with Gasteiger partial charge in [-0.3, -0.25) is 0 Å². The van der Waals surface area contributed by atoms with Crippen LogP contribution in [0.3, 0.4) is 0 Å². The van der Waals surface area contributed by atoms with Crippen LogP contribution in [-0.4, -0.2) is 0 Å². The summed E-state index contributed by atoms with van der Waals surface area (Å²) in [6, 6.07) is 12.9. The molecule has 15 heavy (non-hydrogen) atoms. The Bertz CT molecular complexity index is 519. The molecule has 0 amide bonds. The lowest BCUT2D eigenvalue weighted by Gasteiger charge is -2.14. The molecule has 1 saturated carbocycles. The Hall–Kier alpha value is -1.34. The minimum Gasteiger partial charge on any atom is -0.321 e. The fourth-order valence-electron chi connectivity index (χ4n) is 2.35. The molecule has 0 atom stereocenters. The van der Waals surface area contributed by atoms with Gasteiger partial charge in [-0.2, -0.15) is 0 Å². The summed E-state index contributed by atoms with van der Waals surface area (Å²) in [4.78, 5) is 0. The first-order valence-electron chi connectivity index (χ1n) is 5.48. The number of nitrogens with two attached hydrogens (primary N) is 1. The van der Waals surface area contributed by atoms with Gasteiger partial charge in [-0.1, -0.05) is 36.4 Å². The summed E-state index contributed by atoms with van der Waals surface area (Å²) in [5, 5.41) is 2.67. The van der Waals surface area contributed by atoms with Crippen molar-refractivity contribution >= 4 is 10.8 Å². The molecule has 3 rings (SSSR count). The second kappa shape index (κ2) is 2.83. The Morgan fingerprint density at radius 2 is 1.73 bits per heavy atom. The van der Waals surface area contributed by atoms with E-state index in [4.69, 9.17) is 5.73 Å². The second-order valence-corrected chi connectivity index (χ2v) is 4.63. The van der Waals surface area contributed by atoms with Gasteiger partial charge in [0.25, 0.3) is 0 Å². The van der Waals surface area contributed by atoms with Crippen molar-refractivity contribution in [1.82, 2.24) is 0 Å². The van der Waals surface area contributed by atoms with Crippen LogP contribution in [0.1, 0.15) is 24.0 Å². The summed E-state index contributed by atoms with van der Waals surface area (Å²) in [6.45, 7) is 2.16. The Morgan fingerprint density at radius 1 is 1.07 bits per heavy atom. The molecule has 1 nitrogen and oxygen atoms in total.